The maximum atomic E-state index is 13.2. The van der Waals surface area contributed by atoms with Crippen LogP contribution in [0.15, 0.2) is 42.5 Å². The van der Waals surface area contributed by atoms with E-state index in [0.717, 1.165) is 17.3 Å². The number of hydrogen-bond acceptors (Lipinski definition) is 2. The zero-order valence-electron chi connectivity index (χ0n) is 13.7. The molecule has 124 valence electrons. The molecule has 4 nitrogen and oxygen atoms in total. The van der Waals surface area contributed by atoms with Crippen molar-refractivity contribution in [3.63, 3.8) is 0 Å². The summed E-state index contributed by atoms with van der Waals surface area (Å²) in [5.41, 5.74) is 3.34. The van der Waals surface area contributed by atoms with Crippen LogP contribution in [0.5, 0.6) is 0 Å². The lowest BCUT2D eigenvalue weighted by Gasteiger charge is -2.18. The fourth-order valence-corrected chi connectivity index (χ4v) is 2.84. The van der Waals surface area contributed by atoms with E-state index < -0.39 is 17.8 Å². The molecule has 1 aliphatic heterocycles. The van der Waals surface area contributed by atoms with Crippen molar-refractivity contribution in [1.82, 2.24) is 5.32 Å². The Morgan fingerprint density at radius 1 is 1.17 bits per heavy atom. The van der Waals surface area contributed by atoms with Gasteiger partial charge in [0.25, 0.3) is 5.91 Å². The van der Waals surface area contributed by atoms with Crippen molar-refractivity contribution in [3.8, 4) is 0 Å². The summed E-state index contributed by atoms with van der Waals surface area (Å²) in [5, 5.41) is 2.70. The molecule has 1 unspecified atom stereocenters. The highest BCUT2D eigenvalue weighted by Crippen LogP contribution is 2.24. The highest BCUT2D eigenvalue weighted by molar-refractivity contribution is 6.03. The number of nitrogens with one attached hydrogen (secondary N) is 1. The first-order valence-electron chi connectivity index (χ1n) is 7.91. The first-order valence-corrected chi connectivity index (χ1v) is 7.91. The summed E-state index contributed by atoms with van der Waals surface area (Å²) in [5.74, 6) is -1.05. The molecule has 0 spiro atoms. The minimum absolute atomic E-state index is 0.136. The number of halogens is 1. The average Bonchev–Trinajstić information content (AvgIpc) is 2.91. The van der Waals surface area contributed by atoms with Crippen LogP contribution >= 0.6 is 0 Å². The van der Waals surface area contributed by atoms with Gasteiger partial charge in [0, 0.05) is 17.8 Å². The van der Waals surface area contributed by atoms with E-state index in [1.165, 1.54) is 23.8 Å². The Balaban J connectivity index is 1.72. The highest BCUT2D eigenvalue weighted by Gasteiger charge is 2.33. The van der Waals surface area contributed by atoms with E-state index in [0.29, 0.717) is 13.0 Å². The minimum atomic E-state index is -0.581. The summed E-state index contributed by atoms with van der Waals surface area (Å²) >= 11 is 0. The molecule has 0 bridgehead atoms. The molecule has 0 radical (unpaired) electrons. The third-order valence-electron chi connectivity index (χ3n) is 4.40. The number of amides is 2. The lowest BCUT2D eigenvalue weighted by atomic mass is 10.1. The second-order valence-electron chi connectivity index (χ2n) is 6.08. The number of carbonyl (C=O) groups is 2. The van der Waals surface area contributed by atoms with Gasteiger partial charge in [0.05, 0.1) is 0 Å². The Morgan fingerprint density at radius 3 is 2.67 bits per heavy atom. The van der Waals surface area contributed by atoms with Crippen LogP contribution in [0.4, 0.5) is 10.1 Å². The maximum Gasteiger partial charge on any atom is 0.252 e. The predicted molar refractivity (Wildman–Crippen MR) is 90.5 cm³/mol. The molecule has 1 N–H and O–H groups in total. The molecular weight excluding hydrogens is 307 g/mol. The monoisotopic (exact) mass is 326 g/mol. The predicted octanol–water partition coefficient (Wildman–Crippen LogP) is 2.98. The summed E-state index contributed by atoms with van der Waals surface area (Å²) in [7, 11) is 0. The van der Waals surface area contributed by atoms with E-state index in [1.807, 2.05) is 32.0 Å². The second-order valence-corrected chi connectivity index (χ2v) is 6.08. The number of benzene rings is 2. The number of hydrogen-bond donors (Lipinski definition) is 1. The normalized spacial score (nSPS) is 17.2. The van der Waals surface area contributed by atoms with Crippen molar-refractivity contribution >= 4 is 17.5 Å². The Morgan fingerprint density at radius 2 is 1.96 bits per heavy atom. The molecule has 0 aliphatic carbocycles. The molecule has 24 heavy (non-hydrogen) atoms. The van der Waals surface area contributed by atoms with Gasteiger partial charge in [-0.15, -0.1) is 0 Å². The maximum absolute atomic E-state index is 13.2. The molecule has 2 amide bonds. The number of anilines is 1. The summed E-state index contributed by atoms with van der Waals surface area (Å²) < 4.78 is 13.2. The molecular formula is C19H19FN2O2. The van der Waals surface area contributed by atoms with Crippen LogP contribution in [0.3, 0.4) is 0 Å². The zero-order chi connectivity index (χ0) is 17.3. The van der Waals surface area contributed by atoms with Gasteiger partial charge in [0.1, 0.15) is 11.9 Å². The lowest BCUT2D eigenvalue weighted by molar-refractivity contribution is -0.118. The van der Waals surface area contributed by atoms with Gasteiger partial charge in [-0.25, -0.2) is 4.39 Å². The quantitative estimate of drug-likeness (QED) is 0.943. The first kappa shape index (κ1) is 16.2. The van der Waals surface area contributed by atoms with Crippen molar-refractivity contribution in [2.75, 3.05) is 11.4 Å². The van der Waals surface area contributed by atoms with Crippen LogP contribution in [-0.4, -0.2) is 24.4 Å². The van der Waals surface area contributed by atoms with Crippen molar-refractivity contribution in [3.05, 3.63) is 65.0 Å². The summed E-state index contributed by atoms with van der Waals surface area (Å²) in [6.07, 6.45) is 0.535. The second kappa shape index (κ2) is 6.43. The van der Waals surface area contributed by atoms with E-state index >= 15 is 0 Å². The van der Waals surface area contributed by atoms with E-state index in [-0.39, 0.29) is 11.5 Å². The molecule has 3 rings (SSSR count). The Hall–Kier alpha value is -2.69. The van der Waals surface area contributed by atoms with Crippen LogP contribution in [0.1, 0.15) is 27.9 Å². The van der Waals surface area contributed by atoms with Crippen LogP contribution < -0.4 is 10.2 Å². The number of carbonyl (C=O) groups excluding carboxylic acids is 2. The van der Waals surface area contributed by atoms with Crippen LogP contribution in [0, 0.1) is 19.7 Å². The van der Waals surface area contributed by atoms with Gasteiger partial charge < -0.3 is 10.2 Å². The zero-order valence-corrected chi connectivity index (χ0v) is 13.7. The van der Waals surface area contributed by atoms with Gasteiger partial charge in [0.15, 0.2) is 0 Å². The first-order chi connectivity index (χ1) is 11.5. The average molecular weight is 326 g/mol. The minimum Gasteiger partial charge on any atom is -0.340 e. The van der Waals surface area contributed by atoms with E-state index in [9.17, 15) is 14.0 Å². The Labute approximate surface area is 140 Å². The summed E-state index contributed by atoms with van der Waals surface area (Å²) in [6, 6.07) is 10.7. The van der Waals surface area contributed by atoms with Gasteiger partial charge in [-0.05, 0) is 61.7 Å². The molecule has 2 aromatic rings. The molecule has 1 aliphatic rings. The highest BCUT2D eigenvalue weighted by atomic mass is 19.1. The fourth-order valence-electron chi connectivity index (χ4n) is 2.84. The molecule has 5 heteroatoms. The molecule has 1 atom stereocenters. The fraction of sp³-hybridized carbons (Fsp3) is 0.263. The van der Waals surface area contributed by atoms with E-state index in [4.69, 9.17) is 0 Å². The third kappa shape index (κ3) is 3.15. The molecule has 0 saturated carbocycles. The third-order valence-corrected chi connectivity index (χ3v) is 4.40. The van der Waals surface area contributed by atoms with Gasteiger partial charge in [-0.1, -0.05) is 12.1 Å². The smallest absolute Gasteiger partial charge is 0.252 e. The Kier molecular flexibility index (Phi) is 4.34. The number of aryl methyl sites for hydroxylation is 2. The lowest BCUT2D eigenvalue weighted by Crippen LogP contribution is -2.41. The van der Waals surface area contributed by atoms with Crippen molar-refractivity contribution in [2.45, 2.75) is 26.3 Å². The Bertz CT molecular complexity index is 804. The topological polar surface area (TPSA) is 49.4 Å². The van der Waals surface area contributed by atoms with Gasteiger partial charge in [0.2, 0.25) is 5.91 Å². The molecule has 0 aromatic heterocycles. The van der Waals surface area contributed by atoms with Crippen molar-refractivity contribution in [2.24, 2.45) is 0 Å². The van der Waals surface area contributed by atoms with Gasteiger partial charge >= 0.3 is 0 Å². The van der Waals surface area contributed by atoms with Crippen LogP contribution in [-0.2, 0) is 4.79 Å². The van der Waals surface area contributed by atoms with Crippen molar-refractivity contribution in [1.29, 1.82) is 0 Å². The van der Waals surface area contributed by atoms with Crippen LogP contribution in [0.25, 0.3) is 0 Å². The summed E-state index contributed by atoms with van der Waals surface area (Å²) in [4.78, 5) is 26.4. The van der Waals surface area contributed by atoms with Crippen LogP contribution in [0.2, 0.25) is 0 Å². The largest absolute Gasteiger partial charge is 0.340 e. The SMILES string of the molecule is Cc1ccc(N2CCC(NC(=O)c3cccc(F)c3)C2=O)cc1C. The molecule has 1 heterocycles. The molecule has 1 fully saturated rings. The molecule has 2 aromatic carbocycles. The van der Waals surface area contributed by atoms with Gasteiger partial charge in [-0.2, -0.15) is 0 Å². The van der Waals surface area contributed by atoms with E-state index in [2.05, 4.69) is 5.32 Å². The van der Waals surface area contributed by atoms with Gasteiger partial charge in [-0.3, -0.25) is 9.59 Å². The van der Waals surface area contributed by atoms with E-state index in [1.54, 1.807) is 4.90 Å². The van der Waals surface area contributed by atoms with Crippen molar-refractivity contribution < 1.29 is 14.0 Å². The molecule has 1 saturated heterocycles. The summed E-state index contributed by atoms with van der Waals surface area (Å²) in [6.45, 7) is 4.57. The number of rotatable bonds is 3. The standard InChI is InChI=1S/C19H19FN2O2/c1-12-6-7-16(10-13(12)2)22-9-8-17(19(22)24)21-18(23)14-4-3-5-15(20)11-14/h3-7,10-11,17H,8-9H2,1-2H3,(H,21,23). The number of nitrogens with zero attached hydrogens (tertiary/aromatic N) is 1.